The van der Waals surface area contributed by atoms with Gasteiger partial charge in [-0.3, -0.25) is 5.10 Å². The Kier molecular flexibility index (Phi) is 5.16. The van der Waals surface area contributed by atoms with Crippen molar-refractivity contribution in [2.75, 3.05) is 0 Å². The SMILES string of the molecule is CCc1nc(Sc2nc(/C=C/c3ccccc3)nc3sc4c(c23)CCCC4)n[nH]1. The van der Waals surface area contributed by atoms with Crippen molar-refractivity contribution in [3.63, 3.8) is 0 Å². The van der Waals surface area contributed by atoms with Gasteiger partial charge in [-0.1, -0.05) is 43.3 Å². The first-order valence-electron chi connectivity index (χ1n) is 9.94. The number of aromatic amines is 1. The van der Waals surface area contributed by atoms with Crippen molar-refractivity contribution in [3.05, 3.63) is 58.0 Å². The zero-order valence-electron chi connectivity index (χ0n) is 16.2. The maximum absolute atomic E-state index is 4.90. The van der Waals surface area contributed by atoms with Gasteiger partial charge in [-0.05, 0) is 54.6 Å². The van der Waals surface area contributed by atoms with Crippen molar-refractivity contribution >= 4 is 45.5 Å². The molecule has 1 aromatic carbocycles. The summed E-state index contributed by atoms with van der Waals surface area (Å²) in [5.74, 6) is 1.63. The molecule has 0 amide bonds. The van der Waals surface area contributed by atoms with E-state index in [0.29, 0.717) is 0 Å². The van der Waals surface area contributed by atoms with E-state index in [2.05, 4.69) is 40.3 Å². The molecule has 0 spiro atoms. The smallest absolute Gasteiger partial charge is 0.214 e. The molecule has 146 valence electrons. The van der Waals surface area contributed by atoms with E-state index in [0.717, 1.165) is 51.5 Å². The van der Waals surface area contributed by atoms with Crippen LogP contribution in [0.3, 0.4) is 0 Å². The number of aromatic nitrogens is 5. The van der Waals surface area contributed by atoms with Gasteiger partial charge in [0.05, 0.1) is 0 Å². The Hall–Kier alpha value is -2.51. The molecule has 0 radical (unpaired) electrons. The van der Waals surface area contributed by atoms with Gasteiger partial charge in [0.25, 0.3) is 0 Å². The first-order chi connectivity index (χ1) is 14.3. The fraction of sp³-hybridized carbons (Fsp3) is 0.273. The highest BCUT2D eigenvalue weighted by molar-refractivity contribution is 7.99. The number of hydrogen-bond acceptors (Lipinski definition) is 6. The Morgan fingerprint density at radius 3 is 2.76 bits per heavy atom. The van der Waals surface area contributed by atoms with Gasteiger partial charge in [-0.25, -0.2) is 15.0 Å². The minimum atomic E-state index is 0.718. The second kappa shape index (κ2) is 8.08. The molecule has 3 heterocycles. The Labute approximate surface area is 177 Å². The highest BCUT2D eigenvalue weighted by Crippen LogP contribution is 2.41. The molecule has 0 saturated carbocycles. The fourth-order valence-electron chi connectivity index (χ4n) is 3.59. The molecule has 29 heavy (non-hydrogen) atoms. The summed E-state index contributed by atoms with van der Waals surface area (Å²) >= 11 is 3.36. The lowest BCUT2D eigenvalue weighted by Crippen LogP contribution is -1.99. The topological polar surface area (TPSA) is 67.3 Å². The summed E-state index contributed by atoms with van der Waals surface area (Å²) in [7, 11) is 0. The van der Waals surface area contributed by atoms with Crippen LogP contribution in [0.5, 0.6) is 0 Å². The monoisotopic (exact) mass is 419 g/mol. The molecule has 1 N–H and O–H groups in total. The molecular formula is C22H21N5S2. The Morgan fingerprint density at radius 1 is 1.07 bits per heavy atom. The standard InChI is InChI=1S/C22H21N5S2/c1-2-17-25-22(27-26-17)29-21-19-15-10-6-7-11-16(15)28-20(19)23-18(24-21)13-12-14-8-4-3-5-9-14/h3-5,8-9,12-13H,2,6-7,10-11H2,1H3,(H,25,26,27)/b13-12+. The largest absolute Gasteiger partial charge is 0.262 e. The van der Waals surface area contributed by atoms with Gasteiger partial charge in [-0.2, -0.15) is 0 Å². The van der Waals surface area contributed by atoms with E-state index in [-0.39, 0.29) is 0 Å². The first kappa shape index (κ1) is 18.5. The van der Waals surface area contributed by atoms with Crippen molar-refractivity contribution in [1.82, 2.24) is 25.1 Å². The maximum atomic E-state index is 4.90. The zero-order chi connectivity index (χ0) is 19.6. The van der Waals surface area contributed by atoms with Crippen LogP contribution < -0.4 is 0 Å². The zero-order valence-corrected chi connectivity index (χ0v) is 17.8. The van der Waals surface area contributed by atoms with Gasteiger partial charge in [0.15, 0.2) is 5.82 Å². The normalized spacial score (nSPS) is 14.0. The van der Waals surface area contributed by atoms with Crippen LogP contribution in [0.1, 0.15) is 47.4 Å². The van der Waals surface area contributed by atoms with Gasteiger partial charge in [0, 0.05) is 16.7 Å². The number of fused-ring (bicyclic) bond motifs is 3. The van der Waals surface area contributed by atoms with Crippen LogP contribution in [0.25, 0.3) is 22.4 Å². The van der Waals surface area contributed by atoms with Crippen LogP contribution in [0.15, 0.2) is 40.5 Å². The van der Waals surface area contributed by atoms with E-state index in [4.69, 9.17) is 9.97 Å². The number of H-pyrrole nitrogens is 1. The minimum Gasteiger partial charge on any atom is -0.262 e. The minimum absolute atomic E-state index is 0.718. The van der Waals surface area contributed by atoms with Gasteiger partial charge in [-0.15, -0.1) is 16.4 Å². The molecule has 0 aliphatic heterocycles. The van der Waals surface area contributed by atoms with Crippen molar-refractivity contribution in [1.29, 1.82) is 0 Å². The van der Waals surface area contributed by atoms with Gasteiger partial charge in [0.1, 0.15) is 15.7 Å². The van der Waals surface area contributed by atoms with Crippen molar-refractivity contribution in [3.8, 4) is 0 Å². The second-order valence-corrected chi connectivity index (χ2v) is 9.08. The summed E-state index contributed by atoms with van der Waals surface area (Å²) in [6, 6.07) is 10.2. The molecular weight excluding hydrogens is 398 g/mol. The van der Waals surface area contributed by atoms with Gasteiger partial charge in [0.2, 0.25) is 5.16 Å². The molecule has 0 unspecified atom stereocenters. The number of hydrogen-bond donors (Lipinski definition) is 1. The molecule has 1 aliphatic rings. The molecule has 5 nitrogen and oxygen atoms in total. The molecule has 5 rings (SSSR count). The number of rotatable bonds is 5. The van der Waals surface area contributed by atoms with E-state index < -0.39 is 0 Å². The predicted octanol–water partition coefficient (Wildman–Crippen LogP) is 5.57. The number of thiophene rings is 1. The van der Waals surface area contributed by atoms with Crippen molar-refractivity contribution in [2.24, 2.45) is 0 Å². The average molecular weight is 420 g/mol. The molecule has 4 aromatic rings. The Bertz CT molecular complexity index is 1180. The summed E-state index contributed by atoms with van der Waals surface area (Å²) in [5, 5.41) is 10.2. The molecule has 7 heteroatoms. The van der Waals surface area contributed by atoms with E-state index in [1.165, 1.54) is 40.4 Å². The van der Waals surface area contributed by atoms with E-state index in [1.54, 1.807) is 0 Å². The van der Waals surface area contributed by atoms with Crippen LogP contribution in [0.4, 0.5) is 0 Å². The molecule has 0 saturated heterocycles. The van der Waals surface area contributed by atoms with Crippen LogP contribution in [-0.2, 0) is 19.3 Å². The third-order valence-electron chi connectivity index (χ3n) is 5.06. The third kappa shape index (κ3) is 3.84. The summed E-state index contributed by atoms with van der Waals surface area (Å²) in [4.78, 5) is 16.9. The lowest BCUT2D eigenvalue weighted by Gasteiger charge is -2.11. The molecule has 3 aromatic heterocycles. The van der Waals surface area contributed by atoms with Gasteiger partial charge < -0.3 is 0 Å². The molecule has 0 bridgehead atoms. The average Bonchev–Trinajstić information content (AvgIpc) is 3.37. The van der Waals surface area contributed by atoms with Crippen molar-refractivity contribution < 1.29 is 0 Å². The quantitative estimate of drug-likeness (QED) is 0.428. The van der Waals surface area contributed by atoms with Crippen LogP contribution in [0.2, 0.25) is 0 Å². The Balaban J connectivity index is 1.59. The number of aryl methyl sites for hydroxylation is 3. The summed E-state index contributed by atoms with van der Waals surface area (Å²) < 4.78 is 0. The first-order valence-corrected chi connectivity index (χ1v) is 11.6. The number of nitrogens with zero attached hydrogens (tertiary/aromatic N) is 4. The van der Waals surface area contributed by atoms with Gasteiger partial charge >= 0.3 is 0 Å². The van der Waals surface area contributed by atoms with Crippen LogP contribution in [-0.4, -0.2) is 25.1 Å². The summed E-state index contributed by atoms with van der Waals surface area (Å²) in [5.41, 5.74) is 2.57. The van der Waals surface area contributed by atoms with Crippen LogP contribution >= 0.6 is 23.1 Å². The lowest BCUT2D eigenvalue weighted by molar-refractivity contribution is 0.699. The molecule has 0 fully saturated rings. The van der Waals surface area contributed by atoms with E-state index in [1.807, 2.05) is 35.6 Å². The van der Waals surface area contributed by atoms with E-state index >= 15 is 0 Å². The maximum Gasteiger partial charge on any atom is 0.214 e. The van der Waals surface area contributed by atoms with E-state index in [9.17, 15) is 0 Å². The lowest BCUT2D eigenvalue weighted by atomic mass is 9.97. The highest BCUT2D eigenvalue weighted by Gasteiger charge is 2.22. The predicted molar refractivity (Wildman–Crippen MR) is 119 cm³/mol. The number of benzene rings is 1. The number of nitrogens with one attached hydrogen (secondary N) is 1. The summed E-state index contributed by atoms with van der Waals surface area (Å²) in [6.45, 7) is 2.07. The molecule has 1 aliphatic carbocycles. The second-order valence-electron chi connectivity index (χ2n) is 7.04. The van der Waals surface area contributed by atoms with Crippen LogP contribution in [0, 0.1) is 0 Å². The fourth-order valence-corrected chi connectivity index (χ4v) is 5.81. The third-order valence-corrected chi connectivity index (χ3v) is 7.10. The van der Waals surface area contributed by atoms with Crippen molar-refractivity contribution in [2.45, 2.75) is 49.2 Å². The Morgan fingerprint density at radius 2 is 1.93 bits per heavy atom. The summed E-state index contributed by atoms with van der Waals surface area (Å²) in [6.07, 6.45) is 9.65. The molecule has 0 atom stereocenters. The highest BCUT2D eigenvalue weighted by atomic mass is 32.2.